The van der Waals surface area contributed by atoms with Crippen molar-refractivity contribution in [1.82, 2.24) is 19.8 Å². The van der Waals surface area contributed by atoms with Crippen LogP contribution in [0.25, 0.3) is 0 Å². The minimum atomic E-state index is -1.70. The fraction of sp³-hybridized carbons (Fsp3) is 0.314. The van der Waals surface area contributed by atoms with Crippen LogP contribution in [0.1, 0.15) is 71.7 Å². The van der Waals surface area contributed by atoms with E-state index in [0.29, 0.717) is 60.3 Å². The number of rotatable bonds is 8. The third-order valence-corrected chi connectivity index (χ3v) is 13.2. The Morgan fingerprint density at radius 3 is 2.30 bits per heavy atom. The Morgan fingerprint density at radius 2 is 1.57 bits per heavy atom. The van der Waals surface area contributed by atoms with Crippen molar-refractivity contribution >= 4 is 29.4 Å². The maximum atomic E-state index is 16.0. The second-order valence-electron chi connectivity index (χ2n) is 16.7. The highest BCUT2D eigenvalue weighted by Gasteiger charge is 2.74. The monoisotopic (exact) mass is 840 g/mol. The molecule has 6 unspecified atom stereocenters. The highest BCUT2D eigenvalue weighted by Crippen LogP contribution is 2.66. The first-order chi connectivity index (χ1) is 31.0. The summed E-state index contributed by atoms with van der Waals surface area (Å²) >= 11 is 0. The van der Waals surface area contributed by atoms with E-state index >= 15 is 14.4 Å². The predicted molar refractivity (Wildman–Crippen MR) is 236 cm³/mol. The number of ether oxygens (including phenoxy) is 2. The van der Waals surface area contributed by atoms with Crippen LogP contribution in [-0.2, 0) is 24.5 Å². The maximum absolute atomic E-state index is 16.0. The van der Waals surface area contributed by atoms with Gasteiger partial charge in [-0.3, -0.25) is 19.3 Å². The molecule has 1 aromatic heterocycles. The number of anilines is 2. The normalized spacial score (nSPS) is 25.3. The lowest BCUT2D eigenvalue weighted by molar-refractivity contribution is -0.179. The summed E-state index contributed by atoms with van der Waals surface area (Å²) < 4.78 is 12.9. The van der Waals surface area contributed by atoms with Crippen LogP contribution >= 0.6 is 0 Å². The highest BCUT2D eigenvalue weighted by molar-refractivity contribution is 6.12. The van der Waals surface area contributed by atoms with Gasteiger partial charge in [0.25, 0.3) is 0 Å². The molecule has 6 atom stereocenters. The van der Waals surface area contributed by atoms with Gasteiger partial charge in [-0.05, 0) is 78.3 Å². The average molecular weight is 841 g/mol. The van der Waals surface area contributed by atoms with E-state index in [0.717, 1.165) is 42.4 Å². The first-order valence-electron chi connectivity index (χ1n) is 21.9. The second kappa shape index (κ2) is 17.2. The molecule has 0 bridgehead atoms. The Hall–Kier alpha value is -6.81. The zero-order valence-electron chi connectivity index (χ0n) is 34.8. The number of carbonyl (C=O) groups is 3. The first kappa shape index (κ1) is 40.3. The molecule has 0 saturated carbocycles. The maximum Gasteiger partial charge on any atom is 0.324 e. The number of aromatic nitrogens is 2. The van der Waals surface area contributed by atoms with Crippen molar-refractivity contribution in [3.8, 4) is 17.6 Å². The van der Waals surface area contributed by atoms with Crippen molar-refractivity contribution in [3.05, 3.63) is 161 Å². The van der Waals surface area contributed by atoms with Crippen LogP contribution in [0.15, 0.2) is 133 Å². The quantitative estimate of drug-likeness (QED) is 0.135. The minimum absolute atomic E-state index is 0.00685. The van der Waals surface area contributed by atoms with Gasteiger partial charge in [0.15, 0.2) is 0 Å². The largest absolute Gasteiger partial charge is 0.491 e. The van der Waals surface area contributed by atoms with Gasteiger partial charge in [0.05, 0.1) is 24.6 Å². The molecule has 5 aliphatic rings. The zero-order chi connectivity index (χ0) is 42.9. The molecule has 12 heteroatoms. The number of hydrogen-bond donors (Lipinski definition) is 2. The number of allylic oxidation sites excluding steroid dienone is 2. The van der Waals surface area contributed by atoms with Gasteiger partial charge in [-0.2, -0.15) is 0 Å². The van der Waals surface area contributed by atoms with Gasteiger partial charge in [-0.1, -0.05) is 96.8 Å². The summed E-state index contributed by atoms with van der Waals surface area (Å²) in [5, 5.41) is 13.2. The van der Waals surface area contributed by atoms with Gasteiger partial charge in [-0.25, -0.2) is 9.97 Å². The number of para-hydroxylation sites is 1. The zero-order valence-corrected chi connectivity index (χ0v) is 34.8. The van der Waals surface area contributed by atoms with E-state index in [1.807, 2.05) is 108 Å². The predicted octanol–water partition coefficient (Wildman–Crippen LogP) is 6.32. The minimum Gasteiger partial charge on any atom is -0.491 e. The molecule has 4 aromatic carbocycles. The van der Waals surface area contributed by atoms with Gasteiger partial charge >= 0.3 is 5.97 Å². The average Bonchev–Trinajstić information content (AvgIpc) is 3.82. The first-order valence-corrected chi connectivity index (χ1v) is 21.9. The number of amides is 2. The molecule has 3 saturated heterocycles. The van der Waals surface area contributed by atoms with E-state index in [1.54, 1.807) is 23.4 Å². The summed E-state index contributed by atoms with van der Waals surface area (Å²) in [5.74, 6) is 5.21. The molecule has 0 radical (unpaired) electrons. The van der Waals surface area contributed by atoms with Gasteiger partial charge in [0.2, 0.25) is 17.8 Å². The third-order valence-electron chi connectivity index (χ3n) is 13.2. The Kier molecular flexibility index (Phi) is 11.0. The molecule has 2 N–H and O–H groups in total. The Bertz CT molecular complexity index is 2610. The molecular formula is C51H48N6O6. The Balaban J connectivity index is 1.21. The smallest absolute Gasteiger partial charge is 0.324 e. The van der Waals surface area contributed by atoms with Gasteiger partial charge in [-0.15, -0.1) is 0 Å². The second-order valence-corrected chi connectivity index (χ2v) is 16.7. The number of nitrogens with zero attached hydrogens (tertiary/aromatic N) is 5. The molecule has 1 spiro atoms. The van der Waals surface area contributed by atoms with E-state index in [9.17, 15) is 5.11 Å². The Morgan fingerprint density at radius 1 is 0.841 bits per heavy atom. The molecule has 5 heterocycles. The number of nitrogens with one attached hydrogen (secondary N) is 1. The lowest BCUT2D eigenvalue weighted by Crippen LogP contribution is -2.58. The topological polar surface area (TPSA) is 137 Å². The number of aliphatic hydroxyl groups excluding tert-OH is 1. The molecule has 318 valence electrons. The number of aliphatic hydroxyl groups is 1. The summed E-state index contributed by atoms with van der Waals surface area (Å²) in [6.45, 7) is 1.29. The van der Waals surface area contributed by atoms with E-state index in [-0.39, 0.29) is 19.1 Å². The van der Waals surface area contributed by atoms with Crippen molar-refractivity contribution in [2.75, 3.05) is 49.6 Å². The van der Waals surface area contributed by atoms with Crippen molar-refractivity contribution in [2.24, 2.45) is 5.92 Å². The number of piperazine rings is 1. The number of esters is 1. The van der Waals surface area contributed by atoms with Crippen LogP contribution in [0.4, 0.5) is 11.6 Å². The summed E-state index contributed by atoms with van der Waals surface area (Å²) in [7, 11) is 0. The SMILES string of the molecule is O=C1OC(c2ccccc2)C(c2ccccc2)N2C1C(C(=O)N1CCN(c3ncccn3)CC1)C1(C(=O)Nc3ccc(C#CC4=CCCCC4)cc31)C2c1ccccc1OCCO. The standard InChI is InChI=1S/C51H48N6O6/c58-31-32-62-41-20-11-10-19-38(41)46-51(39-33-35(23-24-40(39)54-49(51)61)22-21-34-13-4-1-5-14-34)42(47(59)55-27-29-56(30-28-55)50-52-25-12-26-53-50)44-48(60)63-45(37-17-8-3-9-18-37)43(57(44)46)36-15-6-2-7-16-36/h2-3,6-13,15-20,23-26,33,42-46,58H,1,4-5,14,27-32H2,(H,54,61). The summed E-state index contributed by atoms with van der Waals surface area (Å²) in [4.78, 5) is 61.8. The molecule has 10 rings (SSSR count). The summed E-state index contributed by atoms with van der Waals surface area (Å²) in [6, 6.07) is 31.6. The van der Waals surface area contributed by atoms with Gasteiger partial charge in [0.1, 0.15) is 29.9 Å². The fourth-order valence-electron chi connectivity index (χ4n) is 10.5. The molecular weight excluding hydrogens is 793 g/mol. The lowest BCUT2D eigenvalue weighted by atomic mass is 9.64. The van der Waals surface area contributed by atoms with Crippen molar-refractivity contribution in [3.63, 3.8) is 0 Å². The van der Waals surface area contributed by atoms with Crippen LogP contribution in [0, 0.1) is 17.8 Å². The van der Waals surface area contributed by atoms with Crippen molar-refractivity contribution in [1.29, 1.82) is 0 Å². The van der Waals surface area contributed by atoms with E-state index in [2.05, 4.69) is 38.1 Å². The number of fused-ring (bicyclic) bond motifs is 3. The summed E-state index contributed by atoms with van der Waals surface area (Å²) in [6.07, 6.45) is 8.91. The lowest BCUT2D eigenvalue weighted by Gasteiger charge is -2.46. The van der Waals surface area contributed by atoms with E-state index < -0.39 is 47.4 Å². The van der Waals surface area contributed by atoms with Crippen LogP contribution in [-0.4, -0.2) is 88.1 Å². The van der Waals surface area contributed by atoms with E-state index in [1.165, 1.54) is 0 Å². The van der Waals surface area contributed by atoms with E-state index in [4.69, 9.17) is 9.47 Å². The van der Waals surface area contributed by atoms with Gasteiger partial charge in [0, 0.05) is 55.4 Å². The number of morpholine rings is 1. The number of carbonyl (C=O) groups excluding carboxylic acids is 3. The van der Waals surface area contributed by atoms with Crippen molar-refractivity contribution in [2.45, 2.75) is 55.3 Å². The van der Waals surface area contributed by atoms with Gasteiger partial charge < -0.3 is 29.7 Å². The Labute approximate surface area is 366 Å². The van der Waals surface area contributed by atoms with Crippen LogP contribution < -0.4 is 15.0 Å². The van der Waals surface area contributed by atoms with Crippen LogP contribution in [0.3, 0.4) is 0 Å². The number of benzene rings is 4. The fourth-order valence-corrected chi connectivity index (χ4v) is 10.5. The molecule has 2 amide bonds. The molecule has 63 heavy (non-hydrogen) atoms. The molecule has 5 aromatic rings. The molecule has 4 aliphatic heterocycles. The summed E-state index contributed by atoms with van der Waals surface area (Å²) in [5.41, 5.74) is 3.44. The van der Waals surface area contributed by atoms with Crippen molar-refractivity contribution < 1.29 is 29.0 Å². The number of hydrogen-bond acceptors (Lipinski definition) is 10. The molecule has 12 nitrogen and oxygen atoms in total. The van der Waals surface area contributed by atoms with Crippen LogP contribution in [0.5, 0.6) is 5.75 Å². The number of cyclic esters (lactones) is 1. The third kappa shape index (κ3) is 7.11. The molecule has 3 fully saturated rings. The molecule has 1 aliphatic carbocycles. The highest BCUT2D eigenvalue weighted by atomic mass is 16.6. The van der Waals surface area contributed by atoms with Crippen LogP contribution in [0.2, 0.25) is 0 Å².